The van der Waals surface area contributed by atoms with Crippen LogP contribution in [0.1, 0.15) is 33.0 Å². The lowest BCUT2D eigenvalue weighted by molar-refractivity contribution is -0.280. The van der Waals surface area contributed by atoms with Crippen molar-refractivity contribution in [2.75, 3.05) is 5.32 Å². The highest BCUT2D eigenvalue weighted by atomic mass is 35.5. The summed E-state index contributed by atoms with van der Waals surface area (Å²) in [5, 5.41) is 24.6. The van der Waals surface area contributed by atoms with Gasteiger partial charge in [-0.15, -0.1) is 11.6 Å². The van der Waals surface area contributed by atoms with Gasteiger partial charge in [0.2, 0.25) is 0 Å². The molecule has 11 heteroatoms. The highest BCUT2D eigenvalue weighted by molar-refractivity contribution is 6.27. The van der Waals surface area contributed by atoms with Gasteiger partial charge in [-0.1, -0.05) is 19.9 Å². The summed E-state index contributed by atoms with van der Waals surface area (Å²) in [5.41, 5.74) is -4.88. The van der Waals surface area contributed by atoms with E-state index in [9.17, 15) is 32.2 Å². The van der Waals surface area contributed by atoms with Gasteiger partial charge in [0.1, 0.15) is 22.3 Å². The molecule has 0 amide bonds. The maximum atomic E-state index is 14.8. The fourth-order valence-corrected chi connectivity index (χ4v) is 5.40. The summed E-state index contributed by atoms with van der Waals surface area (Å²) >= 11 is 6.20. The predicted octanol–water partition coefficient (Wildman–Crippen LogP) is 5.87. The molecule has 184 valence electrons. The first kappa shape index (κ1) is 24.7. The number of nitrogens with one attached hydrogen (secondary N) is 1. The number of halogens is 6. The first-order valence-corrected chi connectivity index (χ1v) is 10.8. The van der Waals surface area contributed by atoms with Crippen LogP contribution in [-0.2, 0) is 0 Å². The van der Waals surface area contributed by atoms with Crippen molar-refractivity contribution in [3.05, 3.63) is 53.2 Å². The second-order valence-electron chi connectivity index (χ2n) is 9.82. The number of aliphatic hydroxyl groups is 2. The SMILES string of the molecule is Cc1ncc2c(NC3C4=CC(C)(Cl)C(F)=C(O)C4C(C)(C)CC3(O)C(F)(F)F)cc(F)cc2n1. The molecule has 34 heavy (non-hydrogen) atoms. The Kier molecular flexibility index (Phi) is 5.45. The van der Waals surface area contributed by atoms with Gasteiger partial charge in [-0.25, -0.2) is 18.7 Å². The molecule has 0 radical (unpaired) electrons. The van der Waals surface area contributed by atoms with E-state index in [1.165, 1.54) is 27.0 Å². The second kappa shape index (κ2) is 7.52. The van der Waals surface area contributed by atoms with Crippen LogP contribution in [0.2, 0.25) is 0 Å². The summed E-state index contributed by atoms with van der Waals surface area (Å²) in [6.45, 7) is 5.55. The molecule has 3 N–H and O–H groups in total. The summed E-state index contributed by atoms with van der Waals surface area (Å²) in [6.07, 6.45) is -3.61. The number of hydrogen-bond donors (Lipinski definition) is 3. The molecule has 2 aliphatic carbocycles. The van der Waals surface area contributed by atoms with Crippen molar-refractivity contribution in [2.24, 2.45) is 11.3 Å². The largest absolute Gasteiger partial charge is 0.509 e. The minimum atomic E-state index is -5.14. The molecule has 1 aromatic heterocycles. The third kappa shape index (κ3) is 3.71. The Hall–Kier alpha value is -2.46. The maximum Gasteiger partial charge on any atom is 0.419 e. The average Bonchev–Trinajstić information content (AvgIpc) is 2.66. The first-order valence-electron chi connectivity index (χ1n) is 10.5. The van der Waals surface area contributed by atoms with Crippen molar-refractivity contribution in [3.8, 4) is 0 Å². The van der Waals surface area contributed by atoms with Crippen LogP contribution >= 0.6 is 11.6 Å². The molecule has 0 saturated heterocycles. The summed E-state index contributed by atoms with van der Waals surface area (Å²) in [4.78, 5) is 6.21. The van der Waals surface area contributed by atoms with Gasteiger partial charge < -0.3 is 15.5 Å². The van der Waals surface area contributed by atoms with Gasteiger partial charge in [-0.05, 0) is 37.3 Å². The highest BCUT2D eigenvalue weighted by Crippen LogP contribution is 2.59. The van der Waals surface area contributed by atoms with Gasteiger partial charge in [0.25, 0.3) is 0 Å². The Morgan fingerprint density at radius 1 is 1.18 bits per heavy atom. The average molecular weight is 504 g/mol. The predicted molar refractivity (Wildman–Crippen MR) is 118 cm³/mol. The second-order valence-corrected chi connectivity index (χ2v) is 10.6. The summed E-state index contributed by atoms with van der Waals surface area (Å²) in [6, 6.07) is 0.147. The number of nitrogens with zero attached hydrogens (tertiary/aromatic N) is 2. The molecule has 0 bridgehead atoms. The molecule has 5 nitrogen and oxygen atoms in total. The molecule has 4 rings (SSSR count). The highest BCUT2D eigenvalue weighted by Gasteiger charge is 2.67. The molecular weight excluding hydrogens is 481 g/mol. The number of fused-ring (bicyclic) bond motifs is 2. The standard InChI is InChI=1S/C23H23ClF5N3O2/c1-10-30-8-13-14(31-10)5-11(25)6-15(13)32-19-12-7-21(4,24)18(26)17(33)16(12)20(2,3)9-22(19,34)23(27,28)29/h5-8,16,19,32-34H,9H2,1-4H3. The van der Waals surface area contributed by atoms with Crippen molar-refractivity contribution in [3.63, 3.8) is 0 Å². The van der Waals surface area contributed by atoms with Gasteiger partial charge in [-0.2, -0.15) is 13.2 Å². The van der Waals surface area contributed by atoms with Crippen molar-refractivity contribution >= 4 is 28.2 Å². The Balaban J connectivity index is 1.96. The minimum absolute atomic E-state index is 0.104. The zero-order valence-electron chi connectivity index (χ0n) is 18.7. The van der Waals surface area contributed by atoms with Crippen LogP contribution in [0, 0.1) is 24.1 Å². The van der Waals surface area contributed by atoms with Crippen LogP contribution < -0.4 is 5.32 Å². The molecule has 4 atom stereocenters. The number of aryl methyl sites for hydroxylation is 1. The van der Waals surface area contributed by atoms with E-state index >= 15 is 0 Å². The van der Waals surface area contributed by atoms with E-state index in [-0.39, 0.29) is 22.2 Å². The van der Waals surface area contributed by atoms with E-state index in [0.717, 1.165) is 18.2 Å². The van der Waals surface area contributed by atoms with E-state index in [4.69, 9.17) is 11.6 Å². The molecular formula is C23H23ClF5N3O2. The molecule has 1 fully saturated rings. The van der Waals surface area contributed by atoms with E-state index in [1.807, 2.05) is 0 Å². The zero-order chi connectivity index (χ0) is 25.4. The van der Waals surface area contributed by atoms with Crippen LogP contribution in [-0.4, -0.2) is 42.9 Å². The number of aromatic nitrogens is 2. The van der Waals surface area contributed by atoms with Crippen LogP contribution in [0.25, 0.3) is 10.9 Å². The molecule has 1 heterocycles. The van der Waals surface area contributed by atoms with Crippen molar-refractivity contribution in [1.29, 1.82) is 0 Å². The van der Waals surface area contributed by atoms with Gasteiger partial charge in [0.15, 0.2) is 11.4 Å². The fraction of sp³-hybridized carbons (Fsp3) is 0.478. The Labute approximate surface area is 197 Å². The summed E-state index contributed by atoms with van der Waals surface area (Å²) in [5.74, 6) is -3.53. The van der Waals surface area contributed by atoms with Crippen LogP contribution in [0.5, 0.6) is 0 Å². The van der Waals surface area contributed by atoms with Gasteiger partial charge >= 0.3 is 6.18 Å². The van der Waals surface area contributed by atoms with Crippen LogP contribution in [0.4, 0.5) is 27.6 Å². The Morgan fingerprint density at radius 2 is 1.82 bits per heavy atom. The number of aliphatic hydroxyl groups excluding tert-OH is 1. The number of benzene rings is 1. The topological polar surface area (TPSA) is 78.3 Å². The van der Waals surface area contributed by atoms with E-state index in [1.54, 1.807) is 6.92 Å². The summed E-state index contributed by atoms with van der Waals surface area (Å²) < 4.78 is 72.4. The molecule has 1 saturated carbocycles. The Morgan fingerprint density at radius 3 is 2.44 bits per heavy atom. The number of rotatable bonds is 2. The van der Waals surface area contributed by atoms with E-state index < -0.39 is 57.9 Å². The fourth-order valence-electron chi connectivity index (χ4n) is 5.17. The van der Waals surface area contributed by atoms with Crippen molar-refractivity contribution < 1.29 is 32.2 Å². The zero-order valence-corrected chi connectivity index (χ0v) is 19.5. The minimum Gasteiger partial charge on any atom is -0.509 e. The quantitative estimate of drug-likeness (QED) is 0.271. The lowest BCUT2D eigenvalue weighted by atomic mass is 9.56. The molecule has 2 aromatic rings. The summed E-state index contributed by atoms with van der Waals surface area (Å²) in [7, 11) is 0. The van der Waals surface area contributed by atoms with E-state index in [0.29, 0.717) is 5.82 Å². The van der Waals surface area contributed by atoms with E-state index in [2.05, 4.69) is 15.3 Å². The van der Waals surface area contributed by atoms with Crippen molar-refractivity contribution in [2.45, 2.75) is 56.8 Å². The third-order valence-electron chi connectivity index (χ3n) is 6.59. The lowest BCUT2D eigenvalue weighted by Crippen LogP contribution is -2.65. The van der Waals surface area contributed by atoms with Gasteiger partial charge in [0, 0.05) is 29.3 Å². The van der Waals surface area contributed by atoms with Gasteiger partial charge in [-0.3, -0.25) is 0 Å². The lowest BCUT2D eigenvalue weighted by Gasteiger charge is -2.54. The molecule has 1 aromatic carbocycles. The normalized spacial score (nSPS) is 31.3. The molecule has 2 aliphatic rings. The molecule has 0 aliphatic heterocycles. The number of anilines is 1. The monoisotopic (exact) mass is 503 g/mol. The molecule has 4 unspecified atom stereocenters. The van der Waals surface area contributed by atoms with Gasteiger partial charge in [0.05, 0.1) is 11.6 Å². The third-order valence-corrected chi connectivity index (χ3v) is 6.87. The van der Waals surface area contributed by atoms with Crippen LogP contribution in [0.3, 0.4) is 0 Å². The maximum absolute atomic E-state index is 14.8. The number of alkyl halides is 4. The van der Waals surface area contributed by atoms with Crippen LogP contribution in [0.15, 0.2) is 41.6 Å². The Bertz CT molecular complexity index is 1240. The smallest absolute Gasteiger partial charge is 0.419 e. The first-order chi connectivity index (χ1) is 15.5. The van der Waals surface area contributed by atoms with Crippen molar-refractivity contribution in [1.82, 2.24) is 9.97 Å². The number of hydrogen-bond acceptors (Lipinski definition) is 5. The molecule has 0 spiro atoms. The number of allylic oxidation sites excluding steroid dienone is 3.